The van der Waals surface area contributed by atoms with Crippen LogP contribution in [0.3, 0.4) is 0 Å². The maximum Gasteiger partial charge on any atom is 0.303 e. The summed E-state index contributed by atoms with van der Waals surface area (Å²) >= 11 is 1.26. The topological polar surface area (TPSA) is 74.3 Å². The summed E-state index contributed by atoms with van der Waals surface area (Å²) in [6.07, 6.45) is 2.33. The summed E-state index contributed by atoms with van der Waals surface area (Å²) in [7, 11) is -0.0774. The highest BCUT2D eigenvalue weighted by Crippen LogP contribution is 2.13. The van der Waals surface area contributed by atoms with Gasteiger partial charge in [0, 0.05) is 25.2 Å². The van der Waals surface area contributed by atoms with E-state index in [1.54, 1.807) is 18.6 Å². The molecule has 1 aromatic heterocycles. The molecule has 0 aliphatic carbocycles. The molecule has 0 unspecified atom stereocenters. The quantitative estimate of drug-likeness (QED) is 0.697. The van der Waals surface area contributed by atoms with Gasteiger partial charge in [0.25, 0.3) is 0 Å². The lowest BCUT2D eigenvalue weighted by molar-refractivity contribution is 0.462. The van der Waals surface area contributed by atoms with Crippen LogP contribution in [0.4, 0.5) is 5.13 Å². The number of hydrogen-bond donors (Lipinski definition) is 2. The maximum absolute atomic E-state index is 11.8. The molecule has 92 valence electrons. The molecule has 0 saturated heterocycles. The van der Waals surface area contributed by atoms with Gasteiger partial charge < -0.3 is 5.32 Å². The van der Waals surface area contributed by atoms with Gasteiger partial charge in [0.15, 0.2) is 5.13 Å². The van der Waals surface area contributed by atoms with Crippen LogP contribution in [-0.4, -0.2) is 44.9 Å². The third-order valence-electron chi connectivity index (χ3n) is 1.96. The van der Waals surface area contributed by atoms with Gasteiger partial charge in [-0.05, 0) is 20.0 Å². The number of thiazole rings is 1. The van der Waals surface area contributed by atoms with E-state index in [0.29, 0.717) is 11.7 Å². The molecular formula is C8H16N4O2S2. The molecule has 1 rings (SSSR count). The summed E-state index contributed by atoms with van der Waals surface area (Å²) in [5, 5.41) is 5.08. The number of anilines is 1. The molecule has 0 aliphatic rings. The van der Waals surface area contributed by atoms with Crippen LogP contribution in [0.15, 0.2) is 11.6 Å². The lowest BCUT2D eigenvalue weighted by atomic mass is 10.4. The minimum atomic E-state index is -3.46. The number of rotatable bonds is 7. The molecule has 2 N–H and O–H groups in total. The Balaban J connectivity index is 2.50. The Kier molecular flexibility index (Phi) is 5.13. The zero-order valence-corrected chi connectivity index (χ0v) is 10.9. The first-order valence-electron chi connectivity index (χ1n) is 4.84. The number of hydrogen-bond acceptors (Lipinski definition) is 5. The van der Waals surface area contributed by atoms with Gasteiger partial charge in [-0.2, -0.15) is 12.7 Å². The zero-order valence-electron chi connectivity index (χ0n) is 9.30. The fraction of sp³-hybridized carbons (Fsp3) is 0.625. The lowest BCUT2D eigenvalue weighted by Gasteiger charge is -2.16. The predicted octanol–water partition coefficient (Wildman–Crippen LogP) is 0.341. The van der Waals surface area contributed by atoms with Crippen molar-refractivity contribution in [3.63, 3.8) is 0 Å². The molecule has 0 radical (unpaired) electrons. The van der Waals surface area contributed by atoms with Crippen molar-refractivity contribution >= 4 is 26.7 Å². The van der Waals surface area contributed by atoms with E-state index < -0.39 is 10.2 Å². The third kappa shape index (κ3) is 4.05. The third-order valence-corrected chi connectivity index (χ3v) is 4.23. The van der Waals surface area contributed by atoms with Crippen LogP contribution < -0.4 is 10.0 Å². The first kappa shape index (κ1) is 13.4. The molecule has 0 spiro atoms. The van der Waals surface area contributed by atoms with E-state index in [2.05, 4.69) is 15.0 Å². The van der Waals surface area contributed by atoms with Gasteiger partial charge in [-0.15, -0.1) is 11.3 Å². The number of aromatic nitrogens is 1. The summed E-state index contributed by atoms with van der Waals surface area (Å²) in [6.45, 7) is 1.26. The summed E-state index contributed by atoms with van der Waals surface area (Å²) in [5.74, 6) is 0. The molecule has 6 nitrogen and oxygen atoms in total. The van der Waals surface area contributed by atoms with Gasteiger partial charge in [-0.25, -0.2) is 9.71 Å². The highest BCUT2D eigenvalue weighted by atomic mass is 32.2. The molecule has 1 heterocycles. The summed E-state index contributed by atoms with van der Waals surface area (Å²) in [4.78, 5) is 3.87. The van der Waals surface area contributed by atoms with E-state index in [-0.39, 0.29) is 0 Å². The van der Waals surface area contributed by atoms with Crippen LogP contribution in [0.25, 0.3) is 0 Å². The van der Waals surface area contributed by atoms with Crippen molar-refractivity contribution in [2.75, 3.05) is 31.9 Å². The van der Waals surface area contributed by atoms with E-state index in [0.717, 1.165) is 13.0 Å². The first-order chi connectivity index (χ1) is 7.56. The van der Waals surface area contributed by atoms with Gasteiger partial charge >= 0.3 is 10.2 Å². The largest absolute Gasteiger partial charge is 0.320 e. The molecule has 0 aromatic carbocycles. The molecule has 16 heavy (non-hydrogen) atoms. The smallest absolute Gasteiger partial charge is 0.303 e. The van der Waals surface area contributed by atoms with Crippen LogP contribution in [-0.2, 0) is 10.2 Å². The van der Waals surface area contributed by atoms with E-state index in [4.69, 9.17) is 0 Å². The van der Waals surface area contributed by atoms with Gasteiger partial charge in [0.05, 0.1) is 0 Å². The van der Waals surface area contributed by atoms with Crippen molar-refractivity contribution in [1.82, 2.24) is 14.6 Å². The highest BCUT2D eigenvalue weighted by Gasteiger charge is 2.17. The van der Waals surface area contributed by atoms with Crippen LogP contribution in [0.2, 0.25) is 0 Å². The Labute approximate surface area is 99.9 Å². The second kappa shape index (κ2) is 6.14. The van der Waals surface area contributed by atoms with Crippen molar-refractivity contribution in [1.29, 1.82) is 0 Å². The van der Waals surface area contributed by atoms with Crippen molar-refractivity contribution in [3.05, 3.63) is 11.6 Å². The van der Waals surface area contributed by atoms with E-state index in [9.17, 15) is 8.42 Å². The lowest BCUT2D eigenvalue weighted by Crippen LogP contribution is -2.34. The Morgan fingerprint density at radius 2 is 2.31 bits per heavy atom. The van der Waals surface area contributed by atoms with Crippen LogP contribution in [0, 0.1) is 0 Å². The average Bonchev–Trinajstić information content (AvgIpc) is 2.70. The molecular weight excluding hydrogens is 248 g/mol. The second-order valence-electron chi connectivity index (χ2n) is 3.22. The molecule has 8 heteroatoms. The van der Waals surface area contributed by atoms with Gasteiger partial charge in [0.1, 0.15) is 0 Å². The van der Waals surface area contributed by atoms with E-state index >= 15 is 0 Å². The fourth-order valence-corrected chi connectivity index (χ4v) is 2.74. The van der Waals surface area contributed by atoms with Gasteiger partial charge in [0.2, 0.25) is 0 Å². The molecule has 0 fully saturated rings. The van der Waals surface area contributed by atoms with Gasteiger partial charge in [-0.3, -0.25) is 0 Å². The van der Waals surface area contributed by atoms with Crippen molar-refractivity contribution < 1.29 is 8.42 Å². The Morgan fingerprint density at radius 1 is 1.56 bits per heavy atom. The summed E-state index contributed by atoms with van der Waals surface area (Å²) < 4.78 is 27.2. The minimum absolute atomic E-state index is 0.389. The highest BCUT2D eigenvalue weighted by molar-refractivity contribution is 7.90. The number of nitrogens with zero attached hydrogens (tertiary/aromatic N) is 2. The average molecular weight is 264 g/mol. The van der Waals surface area contributed by atoms with Crippen molar-refractivity contribution in [3.8, 4) is 0 Å². The molecule has 0 amide bonds. The van der Waals surface area contributed by atoms with E-state index in [1.165, 1.54) is 15.6 Å². The van der Waals surface area contributed by atoms with Crippen molar-refractivity contribution in [2.45, 2.75) is 6.42 Å². The van der Waals surface area contributed by atoms with Crippen LogP contribution in [0.5, 0.6) is 0 Å². The molecule has 0 bridgehead atoms. The minimum Gasteiger partial charge on any atom is -0.320 e. The normalized spacial score (nSPS) is 11.9. The summed E-state index contributed by atoms with van der Waals surface area (Å²) in [5.41, 5.74) is 0. The monoisotopic (exact) mass is 264 g/mol. The number of nitrogens with one attached hydrogen (secondary N) is 2. The Hall–Kier alpha value is -0.700. The standard InChI is InChI=1S/C8H16N4O2S2/c1-9-4-3-6-12(2)16(13,14)11-8-10-5-7-15-8/h5,7,9H,3-4,6H2,1-2H3,(H,10,11). The van der Waals surface area contributed by atoms with Crippen LogP contribution in [0.1, 0.15) is 6.42 Å². The second-order valence-corrected chi connectivity index (χ2v) is 5.90. The zero-order chi connectivity index (χ0) is 12.0. The molecule has 1 aromatic rings. The molecule has 0 atom stereocenters. The van der Waals surface area contributed by atoms with Crippen LogP contribution >= 0.6 is 11.3 Å². The van der Waals surface area contributed by atoms with Gasteiger partial charge in [-0.1, -0.05) is 0 Å². The SMILES string of the molecule is CNCCCN(C)S(=O)(=O)Nc1nccs1. The Morgan fingerprint density at radius 3 is 2.88 bits per heavy atom. The molecule has 0 aliphatic heterocycles. The van der Waals surface area contributed by atoms with E-state index in [1.807, 2.05) is 7.05 Å². The Bertz CT molecular complexity index is 390. The predicted molar refractivity (Wildman–Crippen MR) is 65.8 cm³/mol. The van der Waals surface area contributed by atoms with Crippen molar-refractivity contribution in [2.24, 2.45) is 0 Å². The first-order valence-corrected chi connectivity index (χ1v) is 7.16. The summed E-state index contributed by atoms with van der Waals surface area (Å²) in [6, 6.07) is 0. The maximum atomic E-state index is 11.8. The molecule has 0 saturated carbocycles. The fourth-order valence-electron chi connectivity index (χ4n) is 1.06.